The molecule has 4 N–H and O–H groups in total. The van der Waals surface area contributed by atoms with Gasteiger partial charge in [0, 0.05) is 0 Å². The Morgan fingerprint density at radius 1 is 1.21 bits per heavy atom. The van der Waals surface area contributed by atoms with Crippen molar-refractivity contribution in [3.63, 3.8) is 0 Å². The van der Waals surface area contributed by atoms with E-state index in [9.17, 15) is 4.79 Å². The van der Waals surface area contributed by atoms with Gasteiger partial charge in [-0.3, -0.25) is 9.36 Å². The fourth-order valence-electron chi connectivity index (χ4n) is 1.67. The third kappa shape index (κ3) is 2.10. The normalized spacial score (nSPS) is 10.9. The van der Waals surface area contributed by atoms with Gasteiger partial charge in [0.05, 0.1) is 18.4 Å². The highest BCUT2D eigenvalue weighted by atomic mass is 32.1. The maximum absolute atomic E-state index is 12.2. The predicted octanol–water partition coefficient (Wildman–Crippen LogP) is -0.144. The number of nitrogens with zero attached hydrogens (tertiary/aromatic N) is 5. The van der Waals surface area contributed by atoms with Crippen molar-refractivity contribution in [2.75, 3.05) is 11.5 Å². The van der Waals surface area contributed by atoms with Gasteiger partial charge in [-0.2, -0.15) is 15.0 Å². The number of nitrogens with two attached hydrogens (primary N) is 2. The predicted molar refractivity (Wildman–Crippen MR) is 71.6 cm³/mol. The summed E-state index contributed by atoms with van der Waals surface area (Å²) in [6.45, 7) is 0.149. The molecule has 3 aromatic rings. The van der Waals surface area contributed by atoms with Crippen LogP contribution in [0, 0.1) is 0 Å². The number of fused-ring (bicyclic) bond motifs is 1. The molecular weight excluding hydrogens is 266 g/mol. The van der Waals surface area contributed by atoms with E-state index in [1.807, 2.05) is 5.38 Å². The molecular formula is C10H9N7OS. The average molecular weight is 275 g/mol. The van der Waals surface area contributed by atoms with Crippen LogP contribution in [0.15, 0.2) is 22.6 Å². The van der Waals surface area contributed by atoms with Crippen LogP contribution in [0.2, 0.25) is 0 Å². The third-order valence-corrected chi connectivity index (χ3v) is 3.36. The third-order valence-electron chi connectivity index (χ3n) is 2.46. The van der Waals surface area contributed by atoms with Crippen LogP contribution in [0.3, 0.4) is 0 Å². The Balaban J connectivity index is 2.05. The minimum atomic E-state index is -0.141. The van der Waals surface area contributed by atoms with E-state index in [1.165, 1.54) is 22.2 Å². The summed E-state index contributed by atoms with van der Waals surface area (Å²) in [7, 11) is 0. The van der Waals surface area contributed by atoms with Gasteiger partial charge in [-0.25, -0.2) is 4.98 Å². The quantitative estimate of drug-likeness (QED) is 0.666. The molecule has 0 bridgehead atoms. The molecule has 96 valence electrons. The van der Waals surface area contributed by atoms with Crippen molar-refractivity contribution in [2.45, 2.75) is 6.54 Å². The summed E-state index contributed by atoms with van der Waals surface area (Å²) in [5, 5.41) is 1.82. The van der Waals surface area contributed by atoms with Gasteiger partial charge >= 0.3 is 0 Å². The van der Waals surface area contributed by atoms with Crippen LogP contribution in [-0.4, -0.2) is 24.5 Å². The molecule has 3 aromatic heterocycles. The number of aromatic nitrogens is 5. The molecule has 0 atom stereocenters. The lowest BCUT2D eigenvalue weighted by molar-refractivity contribution is 0.705. The molecule has 0 amide bonds. The molecule has 9 heteroatoms. The van der Waals surface area contributed by atoms with Gasteiger partial charge in [0.25, 0.3) is 5.56 Å². The zero-order valence-corrected chi connectivity index (χ0v) is 10.5. The summed E-state index contributed by atoms with van der Waals surface area (Å²) in [5.74, 6) is 0.381. The zero-order valence-electron chi connectivity index (χ0n) is 9.65. The Morgan fingerprint density at radius 2 is 1.95 bits per heavy atom. The molecule has 0 unspecified atom stereocenters. The summed E-state index contributed by atoms with van der Waals surface area (Å²) in [6, 6.07) is 1.80. The first-order valence-corrected chi connectivity index (χ1v) is 6.20. The highest BCUT2D eigenvalue weighted by Gasteiger charge is 2.08. The second-order valence-corrected chi connectivity index (χ2v) is 4.70. The van der Waals surface area contributed by atoms with Crippen molar-refractivity contribution in [3.05, 3.63) is 34.0 Å². The molecule has 19 heavy (non-hydrogen) atoms. The van der Waals surface area contributed by atoms with Crippen molar-refractivity contribution < 1.29 is 0 Å². The summed E-state index contributed by atoms with van der Waals surface area (Å²) < 4.78 is 2.00. The van der Waals surface area contributed by atoms with E-state index in [4.69, 9.17) is 11.5 Å². The molecule has 3 heterocycles. The van der Waals surface area contributed by atoms with Crippen molar-refractivity contribution in [2.24, 2.45) is 0 Å². The van der Waals surface area contributed by atoms with Gasteiger partial charge in [-0.15, -0.1) is 11.3 Å². The number of rotatable bonds is 2. The second kappa shape index (κ2) is 4.28. The molecule has 0 fully saturated rings. The summed E-state index contributed by atoms with van der Waals surface area (Å²) >= 11 is 1.35. The standard InChI is InChI=1S/C10H9N7OS/c11-9-14-6(15-10(12)16-9)3-17-4-13-5-1-2-19-7(5)8(17)18/h1-2,4H,3H2,(H4,11,12,14,15,16). The van der Waals surface area contributed by atoms with Crippen LogP contribution in [0.4, 0.5) is 11.9 Å². The maximum atomic E-state index is 12.2. The zero-order chi connectivity index (χ0) is 13.4. The molecule has 0 saturated carbocycles. The maximum Gasteiger partial charge on any atom is 0.271 e. The van der Waals surface area contributed by atoms with Crippen molar-refractivity contribution >= 4 is 33.5 Å². The first-order valence-electron chi connectivity index (χ1n) is 5.32. The van der Waals surface area contributed by atoms with Crippen molar-refractivity contribution in [1.29, 1.82) is 0 Å². The van der Waals surface area contributed by atoms with Gasteiger partial charge in [0.1, 0.15) is 4.70 Å². The van der Waals surface area contributed by atoms with E-state index in [2.05, 4.69) is 19.9 Å². The lowest BCUT2D eigenvalue weighted by atomic mass is 10.4. The molecule has 0 spiro atoms. The van der Waals surface area contributed by atoms with E-state index in [0.717, 1.165) is 0 Å². The lowest BCUT2D eigenvalue weighted by Gasteiger charge is -2.04. The van der Waals surface area contributed by atoms with E-state index in [0.29, 0.717) is 16.0 Å². The SMILES string of the molecule is Nc1nc(N)nc(Cn2cnc3ccsc3c2=O)n1. The molecule has 0 aliphatic heterocycles. The fraction of sp³-hybridized carbons (Fsp3) is 0.100. The lowest BCUT2D eigenvalue weighted by Crippen LogP contribution is -2.22. The van der Waals surface area contributed by atoms with Gasteiger partial charge in [0.2, 0.25) is 11.9 Å². The van der Waals surface area contributed by atoms with E-state index < -0.39 is 0 Å². The van der Waals surface area contributed by atoms with E-state index in [-0.39, 0.29) is 24.0 Å². The van der Waals surface area contributed by atoms with E-state index in [1.54, 1.807) is 6.07 Å². The summed E-state index contributed by atoms with van der Waals surface area (Å²) in [5.41, 5.74) is 11.5. The van der Waals surface area contributed by atoms with Crippen LogP contribution in [0.1, 0.15) is 5.82 Å². The first kappa shape index (κ1) is 11.5. The second-order valence-electron chi connectivity index (χ2n) is 3.78. The molecule has 0 aliphatic rings. The number of thiophene rings is 1. The molecule has 8 nitrogen and oxygen atoms in total. The van der Waals surface area contributed by atoms with Gasteiger partial charge in [0.15, 0.2) is 5.82 Å². The van der Waals surface area contributed by atoms with Crippen molar-refractivity contribution in [3.8, 4) is 0 Å². The number of nitrogen functional groups attached to an aromatic ring is 2. The smallest absolute Gasteiger partial charge is 0.271 e. The molecule has 3 rings (SSSR count). The highest BCUT2D eigenvalue weighted by Crippen LogP contribution is 2.13. The summed E-state index contributed by atoms with van der Waals surface area (Å²) in [6.07, 6.45) is 1.45. The molecule has 0 radical (unpaired) electrons. The molecule has 0 aliphatic carbocycles. The van der Waals surface area contributed by atoms with Crippen molar-refractivity contribution in [1.82, 2.24) is 24.5 Å². The Kier molecular flexibility index (Phi) is 2.60. The van der Waals surface area contributed by atoms with Crippen LogP contribution in [0.25, 0.3) is 10.2 Å². The van der Waals surface area contributed by atoms with Gasteiger partial charge in [-0.1, -0.05) is 0 Å². The Labute approximate surface area is 110 Å². The van der Waals surface area contributed by atoms with Gasteiger partial charge < -0.3 is 11.5 Å². The Hall–Kier alpha value is -2.55. The molecule has 0 aromatic carbocycles. The van der Waals surface area contributed by atoms with E-state index >= 15 is 0 Å². The van der Waals surface area contributed by atoms with Gasteiger partial charge in [-0.05, 0) is 11.4 Å². The van der Waals surface area contributed by atoms with Crippen LogP contribution < -0.4 is 17.0 Å². The fourth-order valence-corrected chi connectivity index (χ4v) is 2.46. The minimum Gasteiger partial charge on any atom is -0.368 e. The number of hydrogen-bond donors (Lipinski definition) is 2. The summed E-state index contributed by atoms with van der Waals surface area (Å²) in [4.78, 5) is 27.9. The number of hydrogen-bond acceptors (Lipinski definition) is 8. The topological polar surface area (TPSA) is 126 Å². The Morgan fingerprint density at radius 3 is 2.68 bits per heavy atom. The first-order chi connectivity index (χ1) is 9.13. The molecule has 0 saturated heterocycles. The van der Waals surface area contributed by atoms with Crippen LogP contribution in [-0.2, 0) is 6.54 Å². The minimum absolute atomic E-state index is 0.0284. The monoisotopic (exact) mass is 275 g/mol. The van der Waals surface area contributed by atoms with Crippen LogP contribution >= 0.6 is 11.3 Å². The number of anilines is 2. The Bertz CT molecular complexity index is 789. The average Bonchev–Trinajstić information content (AvgIpc) is 2.80. The highest BCUT2D eigenvalue weighted by molar-refractivity contribution is 7.17. The van der Waals surface area contributed by atoms with Crippen LogP contribution in [0.5, 0.6) is 0 Å². The largest absolute Gasteiger partial charge is 0.368 e.